The molecule has 0 saturated heterocycles. The van der Waals surface area contributed by atoms with Crippen molar-refractivity contribution in [3.8, 4) is 23.0 Å². The third kappa shape index (κ3) is 8.26. The molecule has 4 aromatic carbocycles. The lowest BCUT2D eigenvalue weighted by atomic mass is 9.76. The van der Waals surface area contributed by atoms with Gasteiger partial charge in [-0.25, -0.2) is 0 Å². The number of aryl methyl sites for hydroxylation is 2. The minimum absolute atomic E-state index is 0.174. The largest absolute Gasteiger partial charge is 0.508 e. The average molecular weight is 625 g/mol. The molecule has 4 N–H and O–H groups in total. The van der Waals surface area contributed by atoms with Crippen LogP contribution in [-0.2, 0) is 23.7 Å². The van der Waals surface area contributed by atoms with Crippen LogP contribution in [0.5, 0.6) is 23.0 Å². The molecule has 0 atom stereocenters. The van der Waals surface area contributed by atoms with E-state index in [1.165, 1.54) is 22.3 Å². The number of benzene rings is 4. The molecule has 0 aliphatic carbocycles. The van der Waals surface area contributed by atoms with Gasteiger partial charge < -0.3 is 20.4 Å². The number of aromatic hydroxyl groups is 4. The maximum atomic E-state index is 10.1. The third-order valence-corrected chi connectivity index (χ3v) is 9.38. The van der Waals surface area contributed by atoms with Crippen LogP contribution in [0.15, 0.2) is 72.8 Å². The highest BCUT2D eigenvalue weighted by Gasteiger charge is 2.27. The highest BCUT2D eigenvalue weighted by molar-refractivity contribution is 5.49. The molecule has 0 fully saturated rings. The van der Waals surface area contributed by atoms with Gasteiger partial charge in [0.2, 0.25) is 0 Å². The summed E-state index contributed by atoms with van der Waals surface area (Å²) < 4.78 is 0. The first kappa shape index (κ1) is 36.5. The fourth-order valence-corrected chi connectivity index (χ4v) is 6.03. The van der Waals surface area contributed by atoms with Crippen molar-refractivity contribution in [3.63, 3.8) is 0 Å². The molecule has 0 spiro atoms. The van der Waals surface area contributed by atoms with E-state index in [0.717, 1.165) is 47.9 Å². The van der Waals surface area contributed by atoms with E-state index in [1.807, 2.05) is 24.3 Å². The van der Waals surface area contributed by atoms with Crippen LogP contribution >= 0.6 is 0 Å². The van der Waals surface area contributed by atoms with Gasteiger partial charge in [-0.2, -0.15) is 0 Å². The Morgan fingerprint density at radius 2 is 0.739 bits per heavy atom. The first-order valence-corrected chi connectivity index (χ1v) is 16.9. The molecule has 248 valence electrons. The predicted octanol–water partition coefficient (Wildman–Crippen LogP) is 11.0. The smallest absolute Gasteiger partial charge is 0.119 e. The lowest BCUT2D eigenvalue weighted by molar-refractivity contribution is 0.462. The van der Waals surface area contributed by atoms with E-state index in [4.69, 9.17) is 0 Å². The molecule has 0 aliphatic heterocycles. The summed E-state index contributed by atoms with van der Waals surface area (Å²) in [6.45, 7) is 21.3. The molecule has 4 rings (SSSR count). The van der Waals surface area contributed by atoms with Crippen LogP contribution in [0.1, 0.15) is 138 Å². The average Bonchev–Trinajstić information content (AvgIpc) is 2.99. The number of phenolic OH excluding ortho intramolecular Hbond substituents is 4. The van der Waals surface area contributed by atoms with Crippen molar-refractivity contribution >= 4 is 0 Å². The van der Waals surface area contributed by atoms with E-state index in [2.05, 4.69) is 93.5 Å². The predicted molar refractivity (Wildman–Crippen MR) is 193 cm³/mol. The molecule has 0 saturated carbocycles. The summed E-state index contributed by atoms with van der Waals surface area (Å²) in [6, 6.07) is 23.6. The van der Waals surface area contributed by atoms with Gasteiger partial charge in [-0.1, -0.05) is 131 Å². The van der Waals surface area contributed by atoms with Gasteiger partial charge in [0.15, 0.2) is 0 Å². The summed E-state index contributed by atoms with van der Waals surface area (Å²) in [6.07, 6.45) is 3.79. The van der Waals surface area contributed by atoms with Gasteiger partial charge in [-0.05, 0) is 93.5 Å². The Labute approximate surface area is 277 Å². The second-order valence-electron chi connectivity index (χ2n) is 14.3. The maximum Gasteiger partial charge on any atom is 0.119 e. The van der Waals surface area contributed by atoms with Gasteiger partial charge in [0, 0.05) is 10.8 Å². The van der Waals surface area contributed by atoms with Crippen molar-refractivity contribution in [2.45, 2.75) is 118 Å². The van der Waals surface area contributed by atoms with Crippen LogP contribution in [0.3, 0.4) is 0 Å². The Morgan fingerprint density at radius 3 is 1.02 bits per heavy atom. The summed E-state index contributed by atoms with van der Waals surface area (Å²) in [5, 5.41) is 40.2. The minimum Gasteiger partial charge on any atom is -0.508 e. The molecule has 46 heavy (non-hydrogen) atoms. The Morgan fingerprint density at radius 1 is 0.457 bits per heavy atom. The van der Waals surface area contributed by atoms with Crippen molar-refractivity contribution in [1.29, 1.82) is 0 Å². The second kappa shape index (κ2) is 15.1. The molecule has 0 heterocycles. The second-order valence-corrected chi connectivity index (χ2v) is 14.3. The Kier molecular flexibility index (Phi) is 12.0. The van der Waals surface area contributed by atoms with Crippen molar-refractivity contribution < 1.29 is 20.4 Å². The zero-order chi connectivity index (χ0) is 34.4. The first-order valence-electron chi connectivity index (χ1n) is 16.9. The van der Waals surface area contributed by atoms with Crippen LogP contribution in [0.4, 0.5) is 0 Å². The standard InChI is InChI=1S/2C21H28O2/c1-13(2)17-11-15(7-9-19(17)22)21(5,6)16-8-10-20(23)18(12-16)14(3)4;1-5-7-15-13-17(9-11-19(15)22)21(3,4)18-10-12-20(23)16(14-18)8-6-2/h7-14,22-23H,1-6H3;9-14,22-23H,5-8H2,1-4H3. The lowest BCUT2D eigenvalue weighted by Crippen LogP contribution is -2.19. The topological polar surface area (TPSA) is 80.9 Å². The van der Waals surface area contributed by atoms with Gasteiger partial charge in [-0.15, -0.1) is 0 Å². The number of hydrogen-bond acceptors (Lipinski definition) is 4. The van der Waals surface area contributed by atoms with Crippen LogP contribution in [0.2, 0.25) is 0 Å². The van der Waals surface area contributed by atoms with Crippen LogP contribution < -0.4 is 0 Å². The normalized spacial score (nSPS) is 11.9. The van der Waals surface area contributed by atoms with Gasteiger partial charge in [0.05, 0.1) is 0 Å². The third-order valence-electron chi connectivity index (χ3n) is 9.38. The SMILES string of the molecule is CC(C)c1cc(C(C)(C)c2ccc(O)c(C(C)C)c2)ccc1O.CCCc1cc(C(C)(C)c2ccc(O)c(CCC)c2)ccc1O. The molecule has 4 nitrogen and oxygen atoms in total. The van der Waals surface area contributed by atoms with E-state index in [1.54, 1.807) is 24.3 Å². The van der Waals surface area contributed by atoms with Gasteiger partial charge in [0.1, 0.15) is 23.0 Å². The number of hydrogen-bond donors (Lipinski definition) is 4. The first-order chi connectivity index (χ1) is 21.5. The molecule has 4 aromatic rings. The molecule has 0 bridgehead atoms. The van der Waals surface area contributed by atoms with E-state index in [0.29, 0.717) is 23.0 Å². The van der Waals surface area contributed by atoms with Gasteiger partial charge in [-0.3, -0.25) is 0 Å². The summed E-state index contributed by atoms with van der Waals surface area (Å²) >= 11 is 0. The van der Waals surface area contributed by atoms with Crippen molar-refractivity contribution in [3.05, 3.63) is 117 Å². The summed E-state index contributed by atoms with van der Waals surface area (Å²) in [5.41, 5.74) is 8.28. The lowest BCUT2D eigenvalue weighted by Gasteiger charge is -2.28. The van der Waals surface area contributed by atoms with E-state index >= 15 is 0 Å². The maximum absolute atomic E-state index is 10.1. The number of phenols is 4. The Balaban J connectivity index is 0.000000250. The quantitative estimate of drug-likeness (QED) is 0.141. The van der Waals surface area contributed by atoms with E-state index in [-0.39, 0.29) is 22.7 Å². The molecule has 0 aliphatic rings. The molecule has 0 unspecified atom stereocenters. The summed E-state index contributed by atoms with van der Waals surface area (Å²) in [4.78, 5) is 0. The Hall–Kier alpha value is -3.92. The van der Waals surface area contributed by atoms with Crippen molar-refractivity contribution in [2.24, 2.45) is 0 Å². The zero-order valence-corrected chi connectivity index (χ0v) is 29.7. The molecular weight excluding hydrogens is 568 g/mol. The fraction of sp³-hybridized carbons (Fsp3) is 0.429. The summed E-state index contributed by atoms with van der Waals surface area (Å²) in [5.74, 6) is 2.02. The van der Waals surface area contributed by atoms with Crippen LogP contribution in [0.25, 0.3) is 0 Å². The van der Waals surface area contributed by atoms with Gasteiger partial charge in [0.25, 0.3) is 0 Å². The molecule has 0 amide bonds. The highest BCUT2D eigenvalue weighted by Crippen LogP contribution is 2.39. The molecule has 4 heteroatoms. The minimum atomic E-state index is -0.200. The van der Waals surface area contributed by atoms with Crippen molar-refractivity contribution in [2.75, 3.05) is 0 Å². The summed E-state index contributed by atoms with van der Waals surface area (Å²) in [7, 11) is 0. The molecular formula is C42H56O4. The number of rotatable bonds is 10. The van der Waals surface area contributed by atoms with Crippen LogP contribution in [-0.4, -0.2) is 20.4 Å². The highest BCUT2D eigenvalue weighted by atomic mass is 16.3. The van der Waals surface area contributed by atoms with Gasteiger partial charge >= 0.3 is 0 Å². The van der Waals surface area contributed by atoms with Crippen molar-refractivity contribution in [1.82, 2.24) is 0 Å². The zero-order valence-electron chi connectivity index (χ0n) is 29.7. The molecule has 0 aromatic heterocycles. The van der Waals surface area contributed by atoms with Crippen LogP contribution in [0, 0.1) is 0 Å². The Bertz CT molecular complexity index is 1490. The van der Waals surface area contributed by atoms with E-state index < -0.39 is 0 Å². The monoisotopic (exact) mass is 624 g/mol. The fourth-order valence-electron chi connectivity index (χ4n) is 6.03. The molecule has 0 radical (unpaired) electrons. The van der Waals surface area contributed by atoms with E-state index in [9.17, 15) is 20.4 Å².